The molecule has 0 fully saturated rings. The molecule has 0 radical (unpaired) electrons. The zero-order valence-electron chi connectivity index (χ0n) is 9.38. The second kappa shape index (κ2) is 5.09. The topological polar surface area (TPSA) is 77.8 Å². The summed E-state index contributed by atoms with van der Waals surface area (Å²) in [5, 5.41) is 6.94. The smallest absolute Gasteiger partial charge is 0.323 e. The second-order valence-corrected chi connectivity index (χ2v) is 3.94. The Morgan fingerprint density at radius 2 is 2.24 bits per heavy atom. The molecule has 90 valence electrons. The molecular weight excluding hydrogens is 288 g/mol. The predicted octanol–water partition coefficient (Wildman–Crippen LogP) is 1.26. The van der Waals surface area contributed by atoms with Crippen LogP contribution in [0.15, 0.2) is 16.9 Å². The van der Waals surface area contributed by atoms with Gasteiger partial charge in [0.15, 0.2) is 0 Å². The van der Waals surface area contributed by atoms with E-state index in [0.29, 0.717) is 18.5 Å². The minimum Gasteiger partial charge on any atom is -0.464 e. The molecule has 2 aromatic heterocycles. The Bertz CT molecular complexity index is 514. The summed E-state index contributed by atoms with van der Waals surface area (Å²) in [6.45, 7) is 2.36. The number of rotatable bonds is 4. The summed E-state index contributed by atoms with van der Waals surface area (Å²) in [6, 6.07) is 0.272. The van der Waals surface area contributed by atoms with Crippen LogP contribution in [0.1, 0.15) is 6.92 Å². The van der Waals surface area contributed by atoms with E-state index in [2.05, 4.69) is 41.3 Å². The number of hydrogen-bond donors (Lipinski definition) is 1. The molecule has 0 atom stereocenters. The van der Waals surface area contributed by atoms with Gasteiger partial charge in [-0.15, -0.1) is 0 Å². The van der Waals surface area contributed by atoms with Crippen molar-refractivity contribution in [2.45, 2.75) is 6.92 Å². The molecule has 0 saturated carbocycles. The molecule has 7 nitrogen and oxygen atoms in total. The van der Waals surface area contributed by atoms with Crippen molar-refractivity contribution in [1.29, 1.82) is 0 Å². The number of aromatic nitrogens is 5. The maximum Gasteiger partial charge on any atom is 0.323 e. The third-order valence-electron chi connectivity index (χ3n) is 1.86. The maximum absolute atomic E-state index is 5.26. The highest BCUT2D eigenvalue weighted by atomic mass is 79.9. The van der Waals surface area contributed by atoms with Crippen molar-refractivity contribution in [2.75, 3.05) is 19.0 Å². The van der Waals surface area contributed by atoms with Crippen LogP contribution in [-0.4, -0.2) is 38.4 Å². The van der Waals surface area contributed by atoms with Crippen molar-refractivity contribution in [1.82, 2.24) is 24.7 Å². The van der Waals surface area contributed by atoms with E-state index in [1.165, 1.54) is 4.68 Å². The molecule has 0 aliphatic heterocycles. The molecule has 1 N–H and O–H groups in total. The first kappa shape index (κ1) is 11.8. The Kier molecular flexibility index (Phi) is 3.52. The lowest BCUT2D eigenvalue weighted by Gasteiger charge is -2.06. The molecule has 0 unspecified atom stereocenters. The SMILES string of the molecule is CCOc1nc(NC)nc(-n2cc(Br)cn2)n1. The highest BCUT2D eigenvalue weighted by molar-refractivity contribution is 9.10. The van der Waals surface area contributed by atoms with Crippen LogP contribution in [0.2, 0.25) is 0 Å². The Hall–Kier alpha value is -1.70. The Labute approximate surface area is 106 Å². The molecule has 2 aromatic rings. The van der Waals surface area contributed by atoms with Gasteiger partial charge in [0, 0.05) is 13.2 Å². The van der Waals surface area contributed by atoms with Crippen LogP contribution in [0.25, 0.3) is 5.95 Å². The molecule has 2 rings (SSSR count). The molecule has 8 heteroatoms. The zero-order valence-corrected chi connectivity index (χ0v) is 11.0. The number of anilines is 1. The van der Waals surface area contributed by atoms with Gasteiger partial charge >= 0.3 is 6.01 Å². The maximum atomic E-state index is 5.26. The average molecular weight is 299 g/mol. The molecule has 0 aromatic carbocycles. The molecule has 0 bridgehead atoms. The van der Waals surface area contributed by atoms with Gasteiger partial charge in [-0.05, 0) is 22.9 Å². The van der Waals surface area contributed by atoms with E-state index in [1.54, 1.807) is 19.4 Å². The van der Waals surface area contributed by atoms with Gasteiger partial charge < -0.3 is 10.1 Å². The van der Waals surface area contributed by atoms with Crippen LogP contribution >= 0.6 is 15.9 Å². The number of ether oxygens (including phenoxy) is 1. The fraction of sp³-hybridized carbons (Fsp3) is 0.333. The lowest BCUT2D eigenvalue weighted by Crippen LogP contribution is -2.09. The standard InChI is InChI=1S/C9H11BrN6O/c1-3-17-9-14-7(11-2)13-8(15-9)16-5-6(10)4-12-16/h4-5H,3H2,1-2H3,(H,11,13,14,15). The van der Waals surface area contributed by atoms with Gasteiger partial charge in [0.05, 0.1) is 17.3 Å². The summed E-state index contributed by atoms with van der Waals surface area (Å²) in [7, 11) is 1.73. The molecule has 0 aliphatic carbocycles. The van der Waals surface area contributed by atoms with Crippen molar-refractivity contribution >= 4 is 21.9 Å². The van der Waals surface area contributed by atoms with Crippen LogP contribution in [0.4, 0.5) is 5.95 Å². The van der Waals surface area contributed by atoms with Crippen molar-refractivity contribution in [2.24, 2.45) is 0 Å². The molecule has 0 aliphatic rings. The molecule has 17 heavy (non-hydrogen) atoms. The largest absolute Gasteiger partial charge is 0.464 e. The van der Waals surface area contributed by atoms with Crippen LogP contribution in [0.5, 0.6) is 6.01 Å². The quantitative estimate of drug-likeness (QED) is 0.916. The van der Waals surface area contributed by atoms with Crippen LogP contribution < -0.4 is 10.1 Å². The summed E-state index contributed by atoms with van der Waals surface area (Å²) < 4.78 is 7.65. The third kappa shape index (κ3) is 2.70. The lowest BCUT2D eigenvalue weighted by atomic mass is 10.7. The molecule has 0 amide bonds. The summed E-state index contributed by atoms with van der Waals surface area (Å²) in [6.07, 6.45) is 3.41. The predicted molar refractivity (Wildman–Crippen MR) is 65.4 cm³/mol. The molecule has 2 heterocycles. The average Bonchev–Trinajstić information content (AvgIpc) is 2.76. The number of nitrogens with one attached hydrogen (secondary N) is 1. The summed E-state index contributed by atoms with van der Waals surface area (Å²) in [4.78, 5) is 12.4. The second-order valence-electron chi connectivity index (χ2n) is 3.03. The fourth-order valence-corrected chi connectivity index (χ4v) is 1.45. The van der Waals surface area contributed by atoms with E-state index < -0.39 is 0 Å². The minimum atomic E-state index is 0.272. The fourth-order valence-electron chi connectivity index (χ4n) is 1.16. The van der Waals surface area contributed by atoms with Gasteiger partial charge in [0.1, 0.15) is 0 Å². The Morgan fingerprint density at radius 1 is 1.41 bits per heavy atom. The zero-order chi connectivity index (χ0) is 12.3. The van der Waals surface area contributed by atoms with Crippen molar-refractivity contribution < 1.29 is 4.74 Å². The summed E-state index contributed by atoms with van der Waals surface area (Å²) in [5.74, 6) is 0.837. The van der Waals surface area contributed by atoms with E-state index in [-0.39, 0.29) is 6.01 Å². The highest BCUT2D eigenvalue weighted by Crippen LogP contribution is 2.13. The van der Waals surface area contributed by atoms with Crippen molar-refractivity contribution in [3.63, 3.8) is 0 Å². The monoisotopic (exact) mass is 298 g/mol. The molecule has 0 spiro atoms. The van der Waals surface area contributed by atoms with E-state index in [9.17, 15) is 0 Å². The first-order valence-electron chi connectivity index (χ1n) is 5.00. The van der Waals surface area contributed by atoms with Gasteiger partial charge in [-0.1, -0.05) is 0 Å². The normalized spacial score (nSPS) is 10.3. The van der Waals surface area contributed by atoms with Crippen molar-refractivity contribution in [3.8, 4) is 12.0 Å². The minimum absolute atomic E-state index is 0.272. The van der Waals surface area contributed by atoms with E-state index in [0.717, 1.165) is 4.47 Å². The summed E-state index contributed by atoms with van der Waals surface area (Å²) >= 11 is 3.31. The molecule has 0 saturated heterocycles. The lowest BCUT2D eigenvalue weighted by molar-refractivity contribution is 0.311. The van der Waals surface area contributed by atoms with Crippen molar-refractivity contribution in [3.05, 3.63) is 16.9 Å². The van der Waals surface area contributed by atoms with Gasteiger partial charge in [-0.2, -0.15) is 20.1 Å². The summed E-state index contributed by atoms with van der Waals surface area (Å²) in [5.41, 5.74) is 0. The van der Waals surface area contributed by atoms with Gasteiger partial charge in [-0.3, -0.25) is 0 Å². The van der Waals surface area contributed by atoms with Crippen LogP contribution in [-0.2, 0) is 0 Å². The van der Waals surface area contributed by atoms with Gasteiger partial charge in [0.2, 0.25) is 5.95 Å². The van der Waals surface area contributed by atoms with Crippen LogP contribution in [0, 0.1) is 0 Å². The number of halogens is 1. The van der Waals surface area contributed by atoms with Gasteiger partial charge in [0.25, 0.3) is 5.95 Å². The molecular formula is C9H11BrN6O. The van der Waals surface area contributed by atoms with E-state index in [4.69, 9.17) is 4.74 Å². The Morgan fingerprint density at radius 3 is 2.82 bits per heavy atom. The number of nitrogens with zero attached hydrogens (tertiary/aromatic N) is 5. The van der Waals surface area contributed by atoms with Gasteiger partial charge in [-0.25, -0.2) is 4.68 Å². The number of hydrogen-bond acceptors (Lipinski definition) is 6. The third-order valence-corrected chi connectivity index (χ3v) is 2.27. The van der Waals surface area contributed by atoms with E-state index >= 15 is 0 Å². The Balaban J connectivity index is 2.42. The highest BCUT2D eigenvalue weighted by Gasteiger charge is 2.08. The van der Waals surface area contributed by atoms with Crippen LogP contribution in [0.3, 0.4) is 0 Å². The first-order valence-corrected chi connectivity index (χ1v) is 5.79. The first-order chi connectivity index (χ1) is 8.22. The van der Waals surface area contributed by atoms with E-state index in [1.807, 2.05) is 6.92 Å².